The van der Waals surface area contributed by atoms with Gasteiger partial charge >= 0.3 is 0 Å². The summed E-state index contributed by atoms with van der Waals surface area (Å²) in [5.41, 5.74) is 1.23. The van der Waals surface area contributed by atoms with Gasteiger partial charge < -0.3 is 14.2 Å². The molecular weight excluding hydrogens is 364 g/mol. The predicted molar refractivity (Wildman–Crippen MR) is 112 cm³/mol. The van der Waals surface area contributed by atoms with Crippen LogP contribution < -0.4 is 14.2 Å². The second-order valence-electron chi connectivity index (χ2n) is 6.88. The van der Waals surface area contributed by atoms with Crippen molar-refractivity contribution in [3.8, 4) is 17.2 Å². The Bertz CT molecular complexity index is 572. The average Bonchev–Trinajstić information content (AvgIpc) is 2.67. The van der Waals surface area contributed by atoms with Gasteiger partial charge in [-0.25, -0.2) is 0 Å². The van der Waals surface area contributed by atoms with Gasteiger partial charge in [0.15, 0.2) is 11.5 Å². The fourth-order valence-corrected chi connectivity index (χ4v) is 3.60. The van der Waals surface area contributed by atoms with Crippen LogP contribution in [-0.2, 0) is 6.42 Å². The van der Waals surface area contributed by atoms with Crippen molar-refractivity contribution in [1.29, 1.82) is 0 Å². The first-order valence-electron chi connectivity index (χ1n) is 10.1. The Balaban J connectivity index is 2.59. The van der Waals surface area contributed by atoms with Crippen LogP contribution in [-0.4, -0.2) is 26.6 Å². The Morgan fingerprint density at radius 1 is 0.815 bits per heavy atom. The number of carbonyl (C=O) groups is 1. The SMILES string of the molecule is CCCCCCCCCCCCc1c(C(=O)Cl)cc(OC)c(OC)c1OC. The van der Waals surface area contributed by atoms with Gasteiger partial charge in [-0.05, 0) is 30.5 Å². The van der Waals surface area contributed by atoms with E-state index in [0.717, 1.165) is 24.8 Å². The number of benzene rings is 1. The molecule has 0 radical (unpaired) electrons. The molecular formula is C22H35ClO4. The van der Waals surface area contributed by atoms with E-state index in [9.17, 15) is 4.79 Å². The molecule has 0 atom stereocenters. The van der Waals surface area contributed by atoms with Crippen LogP contribution in [0.25, 0.3) is 0 Å². The third-order valence-corrected chi connectivity index (χ3v) is 5.13. The van der Waals surface area contributed by atoms with Crippen molar-refractivity contribution in [1.82, 2.24) is 0 Å². The quantitative estimate of drug-likeness (QED) is 0.248. The highest BCUT2D eigenvalue weighted by Crippen LogP contribution is 2.43. The molecule has 0 spiro atoms. The fraction of sp³-hybridized carbons (Fsp3) is 0.682. The highest BCUT2D eigenvalue weighted by molar-refractivity contribution is 6.68. The maximum atomic E-state index is 11.9. The minimum absolute atomic E-state index is 0.432. The molecule has 0 fully saturated rings. The molecule has 154 valence electrons. The maximum absolute atomic E-state index is 11.9. The Hall–Kier alpha value is -1.42. The van der Waals surface area contributed by atoms with Gasteiger partial charge in [0.2, 0.25) is 5.75 Å². The molecule has 0 N–H and O–H groups in total. The van der Waals surface area contributed by atoms with Crippen LogP contribution in [0.2, 0.25) is 0 Å². The first-order chi connectivity index (χ1) is 13.1. The minimum atomic E-state index is -0.503. The van der Waals surface area contributed by atoms with Crippen molar-refractivity contribution >= 4 is 16.8 Å². The zero-order valence-electron chi connectivity index (χ0n) is 17.4. The smallest absolute Gasteiger partial charge is 0.252 e. The number of carbonyl (C=O) groups excluding carboxylic acids is 1. The highest BCUT2D eigenvalue weighted by Gasteiger charge is 2.23. The number of ether oxygens (including phenoxy) is 3. The molecule has 5 heteroatoms. The van der Waals surface area contributed by atoms with Crippen molar-refractivity contribution in [2.24, 2.45) is 0 Å². The van der Waals surface area contributed by atoms with Crippen LogP contribution in [0.3, 0.4) is 0 Å². The molecule has 0 aliphatic carbocycles. The Morgan fingerprint density at radius 2 is 1.33 bits per heavy atom. The summed E-state index contributed by atoms with van der Waals surface area (Å²) >= 11 is 5.80. The second-order valence-corrected chi connectivity index (χ2v) is 7.22. The van der Waals surface area contributed by atoms with Crippen molar-refractivity contribution in [2.75, 3.05) is 21.3 Å². The van der Waals surface area contributed by atoms with Crippen LogP contribution in [0, 0.1) is 0 Å². The molecule has 0 heterocycles. The van der Waals surface area contributed by atoms with E-state index in [1.807, 2.05) is 0 Å². The van der Waals surface area contributed by atoms with Gasteiger partial charge in [0, 0.05) is 11.1 Å². The lowest BCUT2D eigenvalue weighted by Gasteiger charge is -2.18. The van der Waals surface area contributed by atoms with Crippen molar-refractivity contribution in [3.63, 3.8) is 0 Å². The lowest BCUT2D eigenvalue weighted by molar-refractivity contribution is 0.107. The average molecular weight is 399 g/mol. The zero-order valence-corrected chi connectivity index (χ0v) is 18.1. The molecule has 27 heavy (non-hydrogen) atoms. The van der Waals surface area contributed by atoms with E-state index < -0.39 is 5.24 Å². The van der Waals surface area contributed by atoms with Crippen LogP contribution in [0.4, 0.5) is 0 Å². The van der Waals surface area contributed by atoms with E-state index >= 15 is 0 Å². The topological polar surface area (TPSA) is 44.8 Å². The minimum Gasteiger partial charge on any atom is -0.493 e. The lowest BCUT2D eigenvalue weighted by atomic mass is 9.98. The first-order valence-corrected chi connectivity index (χ1v) is 10.5. The summed E-state index contributed by atoms with van der Waals surface area (Å²) in [6.45, 7) is 2.25. The third kappa shape index (κ3) is 7.61. The normalized spacial score (nSPS) is 10.7. The van der Waals surface area contributed by atoms with Gasteiger partial charge in [0.25, 0.3) is 5.24 Å². The number of rotatable bonds is 15. The second kappa shape index (κ2) is 13.7. The first kappa shape index (κ1) is 23.6. The van der Waals surface area contributed by atoms with E-state index in [4.69, 9.17) is 25.8 Å². The summed E-state index contributed by atoms with van der Waals surface area (Å²) in [5, 5.41) is -0.503. The molecule has 0 amide bonds. The van der Waals surface area contributed by atoms with Gasteiger partial charge in [-0.15, -0.1) is 0 Å². The molecule has 0 saturated heterocycles. The summed E-state index contributed by atoms with van der Waals surface area (Å²) in [7, 11) is 4.66. The molecule has 0 bridgehead atoms. The molecule has 0 aromatic heterocycles. The Morgan fingerprint density at radius 3 is 1.78 bits per heavy atom. The number of halogens is 1. The monoisotopic (exact) mass is 398 g/mol. The Kier molecular flexibility index (Phi) is 12.0. The molecule has 1 rings (SSSR count). The number of unbranched alkanes of at least 4 members (excludes halogenated alkanes) is 9. The third-order valence-electron chi connectivity index (χ3n) is 4.92. The molecule has 0 aliphatic rings. The van der Waals surface area contributed by atoms with Crippen LogP contribution in [0.1, 0.15) is 87.1 Å². The summed E-state index contributed by atoms with van der Waals surface area (Å²) in [6, 6.07) is 1.64. The summed E-state index contributed by atoms with van der Waals surface area (Å²) < 4.78 is 16.3. The summed E-state index contributed by atoms with van der Waals surface area (Å²) in [4.78, 5) is 11.9. The summed E-state index contributed by atoms with van der Waals surface area (Å²) in [6.07, 6.45) is 13.4. The van der Waals surface area contributed by atoms with E-state index in [2.05, 4.69) is 6.92 Å². The number of hydrogen-bond acceptors (Lipinski definition) is 4. The fourth-order valence-electron chi connectivity index (χ4n) is 3.43. The molecule has 1 aromatic carbocycles. The van der Waals surface area contributed by atoms with E-state index in [1.54, 1.807) is 20.3 Å². The zero-order chi connectivity index (χ0) is 20.1. The maximum Gasteiger partial charge on any atom is 0.252 e. The van der Waals surface area contributed by atoms with Crippen LogP contribution >= 0.6 is 11.6 Å². The van der Waals surface area contributed by atoms with E-state index in [0.29, 0.717) is 22.8 Å². The molecule has 0 saturated carbocycles. The van der Waals surface area contributed by atoms with E-state index in [1.165, 1.54) is 58.5 Å². The van der Waals surface area contributed by atoms with Crippen molar-refractivity contribution in [2.45, 2.75) is 77.6 Å². The van der Waals surface area contributed by atoms with Gasteiger partial charge in [0.05, 0.1) is 21.3 Å². The summed E-state index contributed by atoms with van der Waals surface area (Å²) in [5.74, 6) is 1.49. The Labute approximate surface area is 169 Å². The van der Waals surface area contributed by atoms with Gasteiger partial charge in [-0.2, -0.15) is 0 Å². The van der Waals surface area contributed by atoms with Gasteiger partial charge in [0.1, 0.15) is 0 Å². The molecule has 1 aromatic rings. The van der Waals surface area contributed by atoms with Crippen molar-refractivity contribution < 1.29 is 19.0 Å². The van der Waals surface area contributed by atoms with Crippen LogP contribution in [0.5, 0.6) is 17.2 Å². The molecule has 0 aliphatic heterocycles. The largest absolute Gasteiger partial charge is 0.493 e. The number of hydrogen-bond donors (Lipinski definition) is 0. The van der Waals surface area contributed by atoms with E-state index in [-0.39, 0.29) is 0 Å². The van der Waals surface area contributed by atoms with Crippen molar-refractivity contribution in [3.05, 3.63) is 17.2 Å². The number of methoxy groups -OCH3 is 3. The standard InChI is InChI=1S/C22H35ClO4/c1-5-6-7-8-9-10-11-12-13-14-15-17-18(22(23)24)16-19(25-2)21(27-4)20(17)26-3/h16H,5-15H2,1-4H3. The lowest BCUT2D eigenvalue weighted by Crippen LogP contribution is -2.05. The van der Waals surface area contributed by atoms with Gasteiger partial charge in [-0.3, -0.25) is 4.79 Å². The predicted octanol–water partition coefficient (Wildman–Crippen LogP) is 6.55. The van der Waals surface area contributed by atoms with Crippen LogP contribution in [0.15, 0.2) is 6.07 Å². The highest BCUT2D eigenvalue weighted by atomic mass is 35.5. The van der Waals surface area contributed by atoms with Gasteiger partial charge in [-0.1, -0.05) is 64.7 Å². The molecule has 4 nitrogen and oxygen atoms in total. The molecule has 0 unspecified atom stereocenters.